The number of carbonyl (C=O) groups is 4. The van der Waals surface area contributed by atoms with E-state index in [0.717, 1.165) is 102 Å². The molecule has 0 aliphatic rings. The number of phosphoric acid groups is 2. The molecule has 6 atom stereocenters. The fraction of sp³-hybridized carbons (Fsp3) is 0.940. The highest BCUT2D eigenvalue weighted by molar-refractivity contribution is 7.47. The van der Waals surface area contributed by atoms with E-state index in [0.29, 0.717) is 31.6 Å². The zero-order valence-corrected chi connectivity index (χ0v) is 57.4. The number of hydrogen-bond donors (Lipinski definition) is 3. The maximum absolute atomic E-state index is 13.0. The number of esters is 4. The molecule has 0 spiro atoms. The van der Waals surface area contributed by atoms with Gasteiger partial charge in [-0.3, -0.25) is 37.3 Å². The smallest absolute Gasteiger partial charge is 0.462 e. The molecule has 17 nitrogen and oxygen atoms in total. The highest BCUT2D eigenvalue weighted by Gasteiger charge is 2.30. The van der Waals surface area contributed by atoms with E-state index in [4.69, 9.17) is 37.0 Å². The van der Waals surface area contributed by atoms with Gasteiger partial charge in [0.1, 0.15) is 19.3 Å². The third kappa shape index (κ3) is 59.7. The van der Waals surface area contributed by atoms with Crippen LogP contribution in [-0.2, 0) is 65.4 Å². The molecule has 0 aromatic carbocycles. The minimum absolute atomic E-state index is 0.102. The van der Waals surface area contributed by atoms with Crippen LogP contribution in [0.15, 0.2) is 0 Å². The summed E-state index contributed by atoms with van der Waals surface area (Å²) in [5, 5.41) is 10.6. The molecule has 0 aromatic rings. The van der Waals surface area contributed by atoms with Gasteiger partial charge in [0.2, 0.25) is 0 Å². The Labute approximate surface area is 524 Å². The maximum Gasteiger partial charge on any atom is 0.472 e. The topological polar surface area (TPSA) is 237 Å². The third-order valence-electron chi connectivity index (χ3n) is 15.8. The average Bonchev–Trinajstić information content (AvgIpc) is 3.64. The van der Waals surface area contributed by atoms with Gasteiger partial charge in [0.25, 0.3) is 0 Å². The molecule has 0 saturated heterocycles. The second-order valence-electron chi connectivity index (χ2n) is 24.9. The molecule has 86 heavy (non-hydrogen) atoms. The normalized spacial score (nSPS) is 14.5. The van der Waals surface area contributed by atoms with Crippen LogP contribution in [0.1, 0.15) is 337 Å². The van der Waals surface area contributed by atoms with Crippen molar-refractivity contribution in [2.24, 2.45) is 11.8 Å². The second kappa shape index (κ2) is 59.4. The lowest BCUT2D eigenvalue weighted by Gasteiger charge is -2.21. The minimum Gasteiger partial charge on any atom is -0.462 e. The van der Waals surface area contributed by atoms with Crippen molar-refractivity contribution in [1.82, 2.24) is 0 Å². The fourth-order valence-corrected chi connectivity index (χ4v) is 11.6. The summed E-state index contributed by atoms with van der Waals surface area (Å²) in [6.45, 7) is 9.39. The predicted octanol–water partition coefficient (Wildman–Crippen LogP) is 18.8. The van der Waals surface area contributed by atoms with E-state index in [9.17, 15) is 43.2 Å². The van der Waals surface area contributed by atoms with Crippen LogP contribution in [0.25, 0.3) is 0 Å². The summed E-state index contributed by atoms with van der Waals surface area (Å²) in [4.78, 5) is 72.3. The molecular weight excluding hydrogens is 1140 g/mol. The van der Waals surface area contributed by atoms with Gasteiger partial charge < -0.3 is 33.8 Å². The number of hydrogen-bond acceptors (Lipinski definition) is 15. The first kappa shape index (κ1) is 84.1. The zero-order chi connectivity index (χ0) is 63.6. The molecule has 0 aliphatic carbocycles. The lowest BCUT2D eigenvalue weighted by molar-refractivity contribution is -0.161. The van der Waals surface area contributed by atoms with Gasteiger partial charge in [-0.2, -0.15) is 0 Å². The van der Waals surface area contributed by atoms with E-state index in [1.54, 1.807) is 0 Å². The predicted molar refractivity (Wildman–Crippen MR) is 345 cm³/mol. The summed E-state index contributed by atoms with van der Waals surface area (Å²) < 4.78 is 68.1. The van der Waals surface area contributed by atoms with Gasteiger partial charge in [-0.05, 0) is 37.5 Å². The van der Waals surface area contributed by atoms with Crippen LogP contribution < -0.4 is 0 Å². The largest absolute Gasteiger partial charge is 0.472 e. The first-order valence-electron chi connectivity index (χ1n) is 35.0. The van der Waals surface area contributed by atoms with Crippen molar-refractivity contribution in [3.8, 4) is 0 Å². The van der Waals surface area contributed by atoms with E-state index in [2.05, 4.69) is 41.5 Å². The number of aliphatic hydroxyl groups is 1. The van der Waals surface area contributed by atoms with Crippen molar-refractivity contribution >= 4 is 39.5 Å². The Morgan fingerprint density at radius 2 is 0.593 bits per heavy atom. The first-order valence-corrected chi connectivity index (χ1v) is 38.0. The summed E-state index contributed by atoms with van der Waals surface area (Å²) in [7, 11) is -9.89. The molecule has 3 N–H and O–H groups in total. The number of phosphoric ester groups is 2. The average molecular weight is 1270 g/mol. The van der Waals surface area contributed by atoms with E-state index in [1.165, 1.54) is 148 Å². The highest BCUT2D eigenvalue weighted by Crippen LogP contribution is 2.45. The molecule has 19 heteroatoms. The van der Waals surface area contributed by atoms with E-state index >= 15 is 0 Å². The number of aliphatic hydroxyl groups excluding tert-OH is 1. The lowest BCUT2D eigenvalue weighted by Crippen LogP contribution is -2.30. The Balaban J connectivity index is 5.24. The monoisotopic (exact) mass is 1270 g/mol. The minimum atomic E-state index is -4.95. The van der Waals surface area contributed by atoms with E-state index < -0.39 is 97.5 Å². The van der Waals surface area contributed by atoms with E-state index in [-0.39, 0.29) is 25.7 Å². The molecular formula is C67H130O17P2. The van der Waals surface area contributed by atoms with Crippen molar-refractivity contribution in [1.29, 1.82) is 0 Å². The van der Waals surface area contributed by atoms with Crippen LogP contribution >= 0.6 is 15.6 Å². The zero-order valence-electron chi connectivity index (χ0n) is 55.6. The number of ether oxygens (including phenoxy) is 4. The van der Waals surface area contributed by atoms with Gasteiger partial charge >= 0.3 is 39.5 Å². The van der Waals surface area contributed by atoms with Gasteiger partial charge in [0.05, 0.1) is 26.4 Å². The lowest BCUT2D eigenvalue weighted by atomic mass is 10.00. The van der Waals surface area contributed by atoms with Crippen LogP contribution in [0, 0.1) is 11.8 Å². The van der Waals surface area contributed by atoms with Crippen molar-refractivity contribution in [2.45, 2.75) is 355 Å². The van der Waals surface area contributed by atoms with Gasteiger partial charge in [-0.25, -0.2) is 9.13 Å². The van der Waals surface area contributed by atoms with Crippen LogP contribution in [-0.4, -0.2) is 96.7 Å². The summed E-state index contributed by atoms with van der Waals surface area (Å²) in [6, 6.07) is 0. The van der Waals surface area contributed by atoms with Gasteiger partial charge in [-0.1, -0.05) is 286 Å². The molecule has 0 saturated carbocycles. The van der Waals surface area contributed by atoms with Crippen LogP contribution in [0.5, 0.6) is 0 Å². The molecule has 0 fully saturated rings. The summed E-state index contributed by atoms with van der Waals surface area (Å²) >= 11 is 0. The van der Waals surface area contributed by atoms with Crippen LogP contribution in [0.4, 0.5) is 0 Å². The number of unbranched alkanes of at least 4 members (excludes halogenated alkanes) is 35. The molecule has 0 aromatic heterocycles. The molecule has 0 radical (unpaired) electrons. The molecule has 0 rings (SSSR count). The summed E-state index contributed by atoms with van der Waals surface area (Å²) in [6.07, 6.45) is 43.2. The number of rotatable bonds is 66. The van der Waals surface area contributed by atoms with Crippen molar-refractivity contribution in [3.05, 3.63) is 0 Å². The third-order valence-corrected chi connectivity index (χ3v) is 17.7. The molecule has 0 aliphatic heterocycles. The SMILES string of the molecule is CCCCCCCCCCCCCCCCC(=O)O[C@H](COC(=O)CCCCCCCCCCCCCCC)COP(=O)(O)OC[C@@H](O)COP(=O)(O)OC[C@@H](COC(=O)CCCCCCCCC(C)C)OC(=O)CCCCCCCCC(C)CC. The van der Waals surface area contributed by atoms with Crippen molar-refractivity contribution in [3.63, 3.8) is 0 Å². The molecule has 0 bridgehead atoms. The molecule has 0 heterocycles. The first-order chi connectivity index (χ1) is 41.4. The van der Waals surface area contributed by atoms with Crippen molar-refractivity contribution < 1.29 is 80.2 Å². The summed E-state index contributed by atoms with van der Waals surface area (Å²) in [5.74, 6) is -0.732. The molecule has 0 amide bonds. The maximum atomic E-state index is 13.0. The second-order valence-corrected chi connectivity index (χ2v) is 27.8. The van der Waals surface area contributed by atoms with Gasteiger partial charge in [0, 0.05) is 25.7 Å². The van der Waals surface area contributed by atoms with Gasteiger partial charge in [-0.15, -0.1) is 0 Å². The Morgan fingerprint density at radius 1 is 0.337 bits per heavy atom. The quantitative estimate of drug-likeness (QED) is 0.0222. The van der Waals surface area contributed by atoms with Gasteiger partial charge in [0.15, 0.2) is 12.2 Å². The molecule has 3 unspecified atom stereocenters. The van der Waals surface area contributed by atoms with Crippen LogP contribution in [0.3, 0.4) is 0 Å². The Bertz CT molecular complexity index is 1690. The Kier molecular flexibility index (Phi) is 58.0. The highest BCUT2D eigenvalue weighted by atomic mass is 31.2. The van der Waals surface area contributed by atoms with Crippen molar-refractivity contribution in [2.75, 3.05) is 39.6 Å². The number of carbonyl (C=O) groups excluding carboxylic acids is 4. The van der Waals surface area contributed by atoms with E-state index in [1.807, 2.05) is 0 Å². The molecule has 510 valence electrons. The summed E-state index contributed by atoms with van der Waals surface area (Å²) in [5.41, 5.74) is 0. The van der Waals surface area contributed by atoms with Crippen LogP contribution in [0.2, 0.25) is 0 Å². The fourth-order valence-electron chi connectivity index (χ4n) is 10.0. The Morgan fingerprint density at radius 3 is 0.884 bits per heavy atom. The Hall–Kier alpha value is -1.94. The standard InChI is InChI=1S/C67H130O17P2/c1-7-10-12-14-16-18-20-22-24-26-28-30-39-45-51-66(71)83-62(55-77-64(69)49-43-37-29-27-25-23-21-19-17-15-13-11-8-2)57-81-85(73,74)79-53-61(68)54-80-86(75,76)82-58-63(56-78-65(70)50-44-38-33-31-35-41-47-59(4)5)84-67(72)52-46-40-34-32-36-42-48-60(6)9-3/h59-63,68H,7-58H2,1-6H3,(H,73,74)(H,75,76)/t60?,61-,62-,63-/m1/s1.